The zero-order chi connectivity index (χ0) is 23.6. The van der Waals surface area contributed by atoms with Gasteiger partial charge in [0.2, 0.25) is 0 Å². The van der Waals surface area contributed by atoms with Gasteiger partial charge in [-0.2, -0.15) is 0 Å². The number of aromatic nitrogens is 4. The summed E-state index contributed by atoms with van der Waals surface area (Å²) in [7, 11) is -3.61. The van der Waals surface area contributed by atoms with Crippen LogP contribution >= 0.6 is 0 Å². The highest BCUT2D eigenvalue weighted by atomic mass is 32.2. The van der Waals surface area contributed by atoms with Crippen molar-refractivity contribution in [3.8, 4) is 0 Å². The molecule has 1 atom stereocenters. The molecule has 10 heteroatoms. The maximum absolute atomic E-state index is 14.2. The number of benzene rings is 2. The molecule has 0 amide bonds. The lowest BCUT2D eigenvalue weighted by Gasteiger charge is -2.41. The minimum absolute atomic E-state index is 0.150. The predicted molar refractivity (Wildman–Crippen MR) is 124 cm³/mol. The Morgan fingerprint density at radius 3 is 2.30 bits per heavy atom. The molecule has 1 unspecified atom stereocenters. The van der Waals surface area contributed by atoms with E-state index in [0.29, 0.717) is 37.7 Å². The molecule has 1 aliphatic heterocycles. The van der Waals surface area contributed by atoms with Gasteiger partial charge in [-0.1, -0.05) is 43.7 Å². The van der Waals surface area contributed by atoms with Crippen molar-refractivity contribution in [2.75, 3.05) is 31.1 Å². The van der Waals surface area contributed by atoms with Crippen molar-refractivity contribution in [3.63, 3.8) is 0 Å². The van der Waals surface area contributed by atoms with Crippen molar-refractivity contribution in [3.05, 3.63) is 65.7 Å². The van der Waals surface area contributed by atoms with Crippen molar-refractivity contribution in [2.45, 2.75) is 37.6 Å². The summed E-state index contributed by atoms with van der Waals surface area (Å²) >= 11 is 0. The second kappa shape index (κ2) is 9.56. The van der Waals surface area contributed by atoms with Crippen LogP contribution in [0, 0.1) is 18.7 Å². The minimum atomic E-state index is -3.61. The number of anilines is 1. The molecule has 0 spiro atoms. The van der Waals surface area contributed by atoms with Crippen LogP contribution in [0.2, 0.25) is 0 Å². The molecule has 33 heavy (non-hydrogen) atoms. The molecule has 8 nitrogen and oxygen atoms in total. The molecule has 3 aromatic rings. The topological polar surface area (TPSA) is 84.2 Å². The molecule has 2 aromatic carbocycles. The second-order valence-corrected chi connectivity index (χ2v) is 10.7. The van der Waals surface area contributed by atoms with Crippen LogP contribution < -0.4 is 4.90 Å². The number of tetrazole rings is 1. The summed E-state index contributed by atoms with van der Waals surface area (Å²) in [5.74, 6) is 0.130. The molecule has 1 fully saturated rings. The summed E-state index contributed by atoms with van der Waals surface area (Å²) in [4.78, 5) is 4.53. The Bertz CT molecular complexity index is 1190. The normalized spacial score (nSPS) is 16.3. The summed E-state index contributed by atoms with van der Waals surface area (Å²) < 4.78 is 41.6. The Balaban J connectivity index is 1.53. The number of halogens is 1. The molecule has 0 bridgehead atoms. The SMILES string of the molecule is Cc1ccc(S(=O)(=O)Cn2nnnc2C(C(C)C)N2CCN(c3ccccc3F)CC2)cc1. The predicted octanol–water partition coefficient (Wildman–Crippen LogP) is 3.07. The van der Waals surface area contributed by atoms with Crippen LogP contribution in [-0.4, -0.2) is 59.7 Å². The van der Waals surface area contributed by atoms with Gasteiger partial charge in [-0.05, 0) is 47.5 Å². The van der Waals surface area contributed by atoms with Crippen molar-refractivity contribution in [1.82, 2.24) is 25.1 Å². The fourth-order valence-corrected chi connectivity index (χ4v) is 5.53. The molecule has 0 aliphatic carbocycles. The van der Waals surface area contributed by atoms with Crippen molar-refractivity contribution >= 4 is 15.5 Å². The Hall–Kier alpha value is -2.85. The maximum atomic E-state index is 14.2. The van der Waals surface area contributed by atoms with Crippen LogP contribution in [0.3, 0.4) is 0 Å². The first-order chi connectivity index (χ1) is 15.8. The fourth-order valence-electron chi connectivity index (χ4n) is 4.33. The average molecular weight is 473 g/mol. The first-order valence-electron chi connectivity index (χ1n) is 11.1. The number of para-hydroxylation sites is 1. The van der Waals surface area contributed by atoms with E-state index in [2.05, 4.69) is 34.3 Å². The lowest BCUT2D eigenvalue weighted by Crippen LogP contribution is -2.49. The van der Waals surface area contributed by atoms with E-state index < -0.39 is 9.84 Å². The van der Waals surface area contributed by atoms with Crippen LogP contribution in [0.15, 0.2) is 53.4 Å². The van der Waals surface area contributed by atoms with Crippen LogP contribution in [0.4, 0.5) is 10.1 Å². The molecule has 0 N–H and O–H groups in total. The van der Waals surface area contributed by atoms with Gasteiger partial charge in [-0.3, -0.25) is 4.90 Å². The molecule has 1 aliphatic rings. The van der Waals surface area contributed by atoms with Gasteiger partial charge in [0.1, 0.15) is 5.82 Å². The summed E-state index contributed by atoms with van der Waals surface area (Å²) in [5.41, 5.74) is 1.60. The molecular weight excluding hydrogens is 443 g/mol. The summed E-state index contributed by atoms with van der Waals surface area (Å²) in [6.07, 6.45) is 0. The Morgan fingerprint density at radius 1 is 1.00 bits per heavy atom. The Labute approximate surface area is 193 Å². The number of nitrogens with zero attached hydrogens (tertiary/aromatic N) is 6. The molecule has 0 saturated carbocycles. The molecule has 4 rings (SSSR count). The zero-order valence-electron chi connectivity index (χ0n) is 19.1. The Kier molecular flexibility index (Phi) is 6.76. The van der Waals surface area contributed by atoms with E-state index in [0.717, 1.165) is 5.56 Å². The standard InChI is InChI=1S/C23H29FN6O2S/c1-17(2)22(29-14-12-28(13-15-29)21-7-5-4-6-20(21)24)23-25-26-27-30(23)16-33(31,32)19-10-8-18(3)9-11-19/h4-11,17,22H,12-16H2,1-3H3. The Morgan fingerprint density at radius 2 is 1.67 bits per heavy atom. The molecule has 1 aromatic heterocycles. The number of hydrogen-bond donors (Lipinski definition) is 0. The third-order valence-electron chi connectivity index (χ3n) is 6.03. The van der Waals surface area contributed by atoms with E-state index in [1.807, 2.05) is 17.9 Å². The minimum Gasteiger partial charge on any atom is -0.367 e. The van der Waals surface area contributed by atoms with Gasteiger partial charge in [0.05, 0.1) is 16.6 Å². The van der Waals surface area contributed by atoms with E-state index in [1.54, 1.807) is 36.4 Å². The third kappa shape index (κ3) is 5.06. The summed E-state index contributed by atoms with van der Waals surface area (Å²) in [6, 6.07) is 13.4. The smallest absolute Gasteiger partial charge is 0.198 e. The van der Waals surface area contributed by atoms with Crippen LogP contribution in [0.25, 0.3) is 0 Å². The summed E-state index contributed by atoms with van der Waals surface area (Å²) in [5, 5.41) is 12.0. The molecule has 1 saturated heterocycles. The van der Waals surface area contributed by atoms with Crippen LogP contribution in [0.5, 0.6) is 0 Å². The number of aryl methyl sites for hydroxylation is 1. The summed E-state index contributed by atoms with van der Waals surface area (Å²) in [6.45, 7) is 8.75. The van der Waals surface area contributed by atoms with E-state index in [9.17, 15) is 12.8 Å². The van der Waals surface area contributed by atoms with Crippen LogP contribution in [0.1, 0.15) is 31.3 Å². The lowest BCUT2D eigenvalue weighted by molar-refractivity contribution is 0.135. The van der Waals surface area contributed by atoms with Crippen molar-refractivity contribution in [2.24, 2.45) is 5.92 Å². The van der Waals surface area contributed by atoms with Crippen molar-refractivity contribution in [1.29, 1.82) is 0 Å². The van der Waals surface area contributed by atoms with Gasteiger partial charge in [-0.25, -0.2) is 17.5 Å². The second-order valence-electron chi connectivity index (χ2n) is 8.76. The maximum Gasteiger partial charge on any atom is 0.198 e. The van der Waals surface area contributed by atoms with Gasteiger partial charge in [0.25, 0.3) is 0 Å². The number of piperazine rings is 1. The fraction of sp³-hybridized carbons (Fsp3) is 0.435. The van der Waals surface area contributed by atoms with Gasteiger partial charge in [-0.15, -0.1) is 5.10 Å². The van der Waals surface area contributed by atoms with Crippen molar-refractivity contribution < 1.29 is 12.8 Å². The number of rotatable bonds is 7. The van der Waals surface area contributed by atoms with Crippen LogP contribution in [-0.2, 0) is 15.7 Å². The van der Waals surface area contributed by atoms with E-state index in [4.69, 9.17) is 0 Å². The monoisotopic (exact) mass is 472 g/mol. The average Bonchev–Trinajstić information content (AvgIpc) is 3.21. The van der Waals surface area contributed by atoms with Gasteiger partial charge in [0, 0.05) is 26.2 Å². The number of sulfone groups is 1. The molecule has 0 radical (unpaired) electrons. The van der Waals surface area contributed by atoms with E-state index in [1.165, 1.54) is 10.7 Å². The molecule has 2 heterocycles. The van der Waals surface area contributed by atoms with Gasteiger partial charge < -0.3 is 4.90 Å². The number of hydrogen-bond acceptors (Lipinski definition) is 7. The van der Waals surface area contributed by atoms with E-state index in [-0.39, 0.29) is 28.5 Å². The highest BCUT2D eigenvalue weighted by Gasteiger charge is 2.33. The zero-order valence-corrected chi connectivity index (χ0v) is 19.9. The highest BCUT2D eigenvalue weighted by molar-refractivity contribution is 7.90. The third-order valence-corrected chi connectivity index (χ3v) is 7.60. The lowest BCUT2D eigenvalue weighted by atomic mass is 10.0. The quantitative estimate of drug-likeness (QED) is 0.522. The van der Waals surface area contributed by atoms with E-state index >= 15 is 0 Å². The molecular formula is C23H29FN6O2S. The largest absolute Gasteiger partial charge is 0.367 e. The molecule has 176 valence electrons. The van der Waals surface area contributed by atoms with Gasteiger partial charge >= 0.3 is 0 Å². The first-order valence-corrected chi connectivity index (χ1v) is 12.7. The first kappa shape index (κ1) is 23.3. The highest BCUT2D eigenvalue weighted by Crippen LogP contribution is 2.30. The van der Waals surface area contributed by atoms with Gasteiger partial charge in [0.15, 0.2) is 21.5 Å².